The third-order valence-electron chi connectivity index (χ3n) is 3.61. The van der Waals surface area contributed by atoms with E-state index in [-0.39, 0.29) is 6.04 Å². The minimum atomic E-state index is 0.256. The van der Waals surface area contributed by atoms with Crippen molar-refractivity contribution >= 4 is 0 Å². The van der Waals surface area contributed by atoms with Crippen LogP contribution in [0.5, 0.6) is 5.75 Å². The first-order valence-corrected chi connectivity index (χ1v) is 5.90. The molecule has 88 valence electrons. The Bertz CT molecular complexity index is 348. The molecule has 16 heavy (non-hydrogen) atoms. The molecule has 1 heterocycles. The van der Waals surface area contributed by atoms with Gasteiger partial charge in [-0.2, -0.15) is 0 Å². The van der Waals surface area contributed by atoms with Crippen LogP contribution >= 0.6 is 0 Å². The molecule has 1 fully saturated rings. The van der Waals surface area contributed by atoms with E-state index in [1.807, 2.05) is 18.2 Å². The number of aromatic hydroxyl groups is 1. The zero-order chi connectivity index (χ0) is 11.5. The normalized spacial score (nSPS) is 22.6. The van der Waals surface area contributed by atoms with E-state index in [1.54, 1.807) is 6.07 Å². The first-order chi connectivity index (χ1) is 7.70. The number of hydrogen-bond donors (Lipinski definition) is 2. The molecule has 3 heteroatoms. The summed E-state index contributed by atoms with van der Waals surface area (Å²) in [4.78, 5) is 2.34. The molecule has 0 bridgehead atoms. The van der Waals surface area contributed by atoms with Crippen LogP contribution in [0, 0.1) is 0 Å². The maximum atomic E-state index is 9.83. The van der Waals surface area contributed by atoms with Gasteiger partial charge in [0.15, 0.2) is 0 Å². The Labute approximate surface area is 97.1 Å². The highest BCUT2D eigenvalue weighted by Crippen LogP contribution is 2.29. The fourth-order valence-electron chi connectivity index (χ4n) is 2.36. The van der Waals surface area contributed by atoms with Crippen LogP contribution in [0.1, 0.15) is 24.9 Å². The lowest BCUT2D eigenvalue weighted by Crippen LogP contribution is -2.35. The van der Waals surface area contributed by atoms with E-state index in [9.17, 15) is 5.11 Å². The smallest absolute Gasteiger partial charge is 0.120 e. The second-order valence-electron chi connectivity index (χ2n) is 4.55. The molecule has 1 aliphatic heterocycles. The third-order valence-corrected chi connectivity index (χ3v) is 3.61. The van der Waals surface area contributed by atoms with Crippen LogP contribution in [0.3, 0.4) is 0 Å². The molecular formula is C13H20N2O. The molecule has 0 aliphatic carbocycles. The van der Waals surface area contributed by atoms with Gasteiger partial charge in [-0.25, -0.2) is 0 Å². The van der Waals surface area contributed by atoms with Crippen molar-refractivity contribution in [3.05, 3.63) is 29.8 Å². The molecule has 1 aromatic carbocycles. The summed E-state index contributed by atoms with van der Waals surface area (Å²) < 4.78 is 0. The van der Waals surface area contributed by atoms with Crippen LogP contribution in [0.25, 0.3) is 0 Å². The number of phenolic OH excluding ortho intramolecular Hbond substituents is 1. The van der Waals surface area contributed by atoms with E-state index < -0.39 is 0 Å². The predicted molar refractivity (Wildman–Crippen MR) is 65.6 cm³/mol. The fraction of sp³-hybridized carbons (Fsp3) is 0.538. The van der Waals surface area contributed by atoms with Gasteiger partial charge in [-0.1, -0.05) is 18.2 Å². The van der Waals surface area contributed by atoms with Crippen LogP contribution in [0.2, 0.25) is 0 Å². The second kappa shape index (κ2) is 4.85. The standard InChI is InChI=1S/C13H20N2O/c1-10(12-5-3-4-6-13(12)16)15(2)11-7-8-14-9-11/h3-6,10-11,14,16H,7-9H2,1-2H3. The van der Waals surface area contributed by atoms with E-state index in [4.69, 9.17) is 0 Å². The number of nitrogens with one attached hydrogen (secondary N) is 1. The summed E-state index contributed by atoms with van der Waals surface area (Å²) in [6, 6.07) is 8.43. The Morgan fingerprint density at radius 3 is 2.81 bits per heavy atom. The number of benzene rings is 1. The van der Waals surface area contributed by atoms with E-state index in [2.05, 4.69) is 24.2 Å². The summed E-state index contributed by atoms with van der Waals surface area (Å²) >= 11 is 0. The Balaban J connectivity index is 2.11. The summed E-state index contributed by atoms with van der Waals surface area (Å²) in [5, 5.41) is 13.2. The third kappa shape index (κ3) is 2.20. The van der Waals surface area contributed by atoms with Crippen molar-refractivity contribution in [2.45, 2.75) is 25.4 Å². The number of phenols is 1. The molecular weight excluding hydrogens is 200 g/mol. The van der Waals surface area contributed by atoms with Gasteiger partial charge in [0.25, 0.3) is 0 Å². The quantitative estimate of drug-likeness (QED) is 0.814. The molecule has 2 atom stereocenters. The van der Waals surface area contributed by atoms with Gasteiger partial charge in [-0.05, 0) is 33.0 Å². The number of para-hydroxylation sites is 1. The monoisotopic (exact) mass is 220 g/mol. The first-order valence-electron chi connectivity index (χ1n) is 5.90. The van der Waals surface area contributed by atoms with Crippen molar-refractivity contribution in [2.24, 2.45) is 0 Å². The lowest BCUT2D eigenvalue weighted by atomic mass is 10.0. The van der Waals surface area contributed by atoms with Crippen LogP contribution < -0.4 is 5.32 Å². The Morgan fingerprint density at radius 1 is 1.44 bits per heavy atom. The minimum Gasteiger partial charge on any atom is -0.508 e. The molecule has 3 nitrogen and oxygen atoms in total. The number of rotatable bonds is 3. The summed E-state index contributed by atoms with van der Waals surface area (Å²) in [5.74, 6) is 0.396. The summed E-state index contributed by atoms with van der Waals surface area (Å²) in [6.45, 7) is 4.30. The van der Waals surface area contributed by atoms with E-state index in [0.717, 1.165) is 18.7 Å². The van der Waals surface area contributed by atoms with E-state index in [1.165, 1.54) is 6.42 Å². The zero-order valence-corrected chi connectivity index (χ0v) is 9.98. The number of nitrogens with zero attached hydrogens (tertiary/aromatic N) is 1. The molecule has 1 saturated heterocycles. The molecule has 1 aliphatic rings. The Hall–Kier alpha value is -1.06. The SMILES string of the molecule is CC(c1ccccc1O)N(C)C1CCNC1. The summed E-state index contributed by atoms with van der Waals surface area (Å²) in [5.41, 5.74) is 1.01. The van der Waals surface area contributed by atoms with Crippen molar-refractivity contribution in [2.75, 3.05) is 20.1 Å². The lowest BCUT2D eigenvalue weighted by molar-refractivity contribution is 0.194. The van der Waals surface area contributed by atoms with E-state index >= 15 is 0 Å². The van der Waals surface area contributed by atoms with Gasteiger partial charge in [0.2, 0.25) is 0 Å². The van der Waals surface area contributed by atoms with Crippen molar-refractivity contribution in [1.82, 2.24) is 10.2 Å². The molecule has 1 aromatic rings. The van der Waals surface area contributed by atoms with Crippen LogP contribution in [-0.2, 0) is 0 Å². The van der Waals surface area contributed by atoms with Crippen molar-refractivity contribution in [3.8, 4) is 5.75 Å². The van der Waals surface area contributed by atoms with Gasteiger partial charge < -0.3 is 10.4 Å². The van der Waals surface area contributed by atoms with Crippen LogP contribution in [0.15, 0.2) is 24.3 Å². The van der Waals surface area contributed by atoms with Gasteiger partial charge in [-0.15, -0.1) is 0 Å². The zero-order valence-electron chi connectivity index (χ0n) is 9.98. The highest BCUT2D eigenvalue weighted by molar-refractivity contribution is 5.34. The largest absolute Gasteiger partial charge is 0.508 e. The second-order valence-corrected chi connectivity index (χ2v) is 4.55. The van der Waals surface area contributed by atoms with Gasteiger partial charge in [0.1, 0.15) is 5.75 Å². The van der Waals surface area contributed by atoms with Gasteiger partial charge in [-0.3, -0.25) is 4.90 Å². The highest BCUT2D eigenvalue weighted by atomic mass is 16.3. The molecule has 0 radical (unpaired) electrons. The molecule has 2 N–H and O–H groups in total. The van der Waals surface area contributed by atoms with Crippen molar-refractivity contribution in [3.63, 3.8) is 0 Å². The Morgan fingerprint density at radius 2 is 2.19 bits per heavy atom. The highest BCUT2D eigenvalue weighted by Gasteiger charge is 2.24. The maximum Gasteiger partial charge on any atom is 0.120 e. The van der Waals surface area contributed by atoms with E-state index in [0.29, 0.717) is 11.8 Å². The average Bonchev–Trinajstić information content (AvgIpc) is 2.81. The minimum absolute atomic E-state index is 0.256. The molecule has 2 rings (SSSR count). The first kappa shape index (κ1) is 11.4. The molecule has 2 unspecified atom stereocenters. The van der Waals surface area contributed by atoms with Crippen molar-refractivity contribution in [1.29, 1.82) is 0 Å². The Kier molecular flexibility index (Phi) is 3.46. The van der Waals surface area contributed by atoms with Gasteiger partial charge >= 0.3 is 0 Å². The van der Waals surface area contributed by atoms with Crippen LogP contribution in [-0.4, -0.2) is 36.2 Å². The number of likely N-dealkylation sites (N-methyl/N-ethyl adjacent to an activating group) is 1. The molecule has 0 spiro atoms. The van der Waals surface area contributed by atoms with Gasteiger partial charge in [0, 0.05) is 24.2 Å². The molecule has 0 amide bonds. The van der Waals surface area contributed by atoms with Crippen molar-refractivity contribution < 1.29 is 5.11 Å². The maximum absolute atomic E-state index is 9.83. The topological polar surface area (TPSA) is 35.5 Å². The average molecular weight is 220 g/mol. The predicted octanol–water partition coefficient (Wildman–Crippen LogP) is 1.75. The molecule has 0 saturated carbocycles. The lowest BCUT2D eigenvalue weighted by Gasteiger charge is -2.30. The summed E-state index contributed by atoms with van der Waals surface area (Å²) in [7, 11) is 2.13. The number of hydrogen-bond acceptors (Lipinski definition) is 3. The summed E-state index contributed by atoms with van der Waals surface area (Å²) in [6.07, 6.45) is 1.19. The van der Waals surface area contributed by atoms with Gasteiger partial charge in [0.05, 0.1) is 0 Å². The molecule has 0 aromatic heterocycles. The fourth-order valence-corrected chi connectivity index (χ4v) is 2.36. The van der Waals surface area contributed by atoms with Crippen LogP contribution in [0.4, 0.5) is 0 Å².